The number of carbonyl (C=O) groups excluding carboxylic acids is 1. The summed E-state index contributed by atoms with van der Waals surface area (Å²) in [6.07, 6.45) is 0. The van der Waals surface area contributed by atoms with E-state index in [1.165, 1.54) is 6.07 Å². The van der Waals surface area contributed by atoms with Gasteiger partial charge in [0.25, 0.3) is 0 Å². The van der Waals surface area contributed by atoms with Crippen molar-refractivity contribution in [3.8, 4) is 0 Å². The monoisotopic (exact) mass is 224 g/mol. The maximum Gasteiger partial charge on any atom is 0.321 e. The van der Waals surface area contributed by atoms with Crippen LogP contribution in [-0.2, 0) is 0 Å². The first-order valence-corrected chi connectivity index (χ1v) is 5.40. The quantitative estimate of drug-likeness (QED) is 0.841. The number of nitrogens with one attached hydrogen (secondary N) is 1. The molecule has 1 rings (SSSR count). The van der Waals surface area contributed by atoms with Crippen molar-refractivity contribution >= 4 is 11.7 Å². The number of rotatable bonds is 3. The minimum Gasteiger partial charge on any atom is -0.325 e. The molecule has 2 amide bonds. The molecule has 0 bridgehead atoms. The highest BCUT2D eigenvalue weighted by Crippen LogP contribution is 2.14. The van der Waals surface area contributed by atoms with Crippen LogP contribution < -0.4 is 5.32 Å². The van der Waals surface area contributed by atoms with E-state index < -0.39 is 0 Å². The highest BCUT2D eigenvalue weighted by Gasteiger charge is 2.09. The van der Waals surface area contributed by atoms with E-state index in [4.69, 9.17) is 0 Å². The number of benzene rings is 1. The van der Waals surface area contributed by atoms with Gasteiger partial charge in [-0.1, -0.05) is 0 Å². The summed E-state index contributed by atoms with van der Waals surface area (Å²) in [4.78, 5) is 13.4. The second-order valence-corrected chi connectivity index (χ2v) is 3.57. The van der Waals surface area contributed by atoms with Gasteiger partial charge in [-0.25, -0.2) is 9.18 Å². The first-order valence-electron chi connectivity index (χ1n) is 5.40. The maximum atomic E-state index is 13.0. The summed E-state index contributed by atoms with van der Waals surface area (Å²) < 4.78 is 13.0. The third-order valence-corrected chi connectivity index (χ3v) is 2.46. The van der Waals surface area contributed by atoms with Gasteiger partial charge in [-0.15, -0.1) is 0 Å². The second-order valence-electron chi connectivity index (χ2n) is 3.57. The number of hydrogen-bond donors (Lipinski definition) is 1. The molecule has 1 aromatic carbocycles. The fraction of sp³-hybridized carbons (Fsp3) is 0.417. The van der Waals surface area contributed by atoms with Crippen LogP contribution in [0.1, 0.15) is 19.4 Å². The molecule has 1 aromatic rings. The van der Waals surface area contributed by atoms with Crippen LogP contribution in [0.5, 0.6) is 0 Å². The zero-order valence-corrected chi connectivity index (χ0v) is 9.88. The second kappa shape index (κ2) is 5.49. The van der Waals surface area contributed by atoms with Gasteiger partial charge in [-0.2, -0.15) is 0 Å². The Morgan fingerprint density at radius 2 is 2.00 bits per heavy atom. The standard InChI is InChI=1S/C12H17FN2O/c1-4-15(5-2)12(16)14-10-6-7-11(13)9(3)8-10/h6-8H,4-5H2,1-3H3,(H,14,16). The van der Waals surface area contributed by atoms with E-state index in [1.807, 2.05) is 13.8 Å². The van der Waals surface area contributed by atoms with E-state index in [2.05, 4.69) is 5.32 Å². The molecule has 0 heterocycles. The summed E-state index contributed by atoms with van der Waals surface area (Å²) in [5.41, 5.74) is 1.15. The van der Waals surface area contributed by atoms with Crippen molar-refractivity contribution in [3.05, 3.63) is 29.6 Å². The minimum absolute atomic E-state index is 0.156. The van der Waals surface area contributed by atoms with E-state index in [0.717, 1.165) is 0 Å². The first-order chi connectivity index (χ1) is 7.58. The van der Waals surface area contributed by atoms with Crippen LogP contribution in [-0.4, -0.2) is 24.0 Å². The van der Waals surface area contributed by atoms with Crippen LogP contribution in [0.2, 0.25) is 0 Å². The van der Waals surface area contributed by atoms with Crippen molar-refractivity contribution in [1.82, 2.24) is 4.90 Å². The Morgan fingerprint density at radius 3 is 2.50 bits per heavy atom. The molecule has 4 heteroatoms. The van der Waals surface area contributed by atoms with E-state index in [0.29, 0.717) is 24.3 Å². The SMILES string of the molecule is CCN(CC)C(=O)Nc1ccc(F)c(C)c1. The Balaban J connectivity index is 2.73. The lowest BCUT2D eigenvalue weighted by Crippen LogP contribution is -2.34. The molecule has 1 N–H and O–H groups in total. The van der Waals surface area contributed by atoms with Crippen molar-refractivity contribution in [3.63, 3.8) is 0 Å². The van der Waals surface area contributed by atoms with Crippen molar-refractivity contribution in [2.75, 3.05) is 18.4 Å². The molecule has 0 saturated heterocycles. The summed E-state index contributed by atoms with van der Waals surface area (Å²) in [6.45, 7) is 6.81. The normalized spacial score (nSPS) is 10.0. The van der Waals surface area contributed by atoms with Gasteiger partial charge in [0.05, 0.1) is 0 Å². The molecule has 0 spiro atoms. The van der Waals surface area contributed by atoms with Gasteiger partial charge >= 0.3 is 6.03 Å². The summed E-state index contributed by atoms with van der Waals surface area (Å²) in [6, 6.07) is 4.38. The summed E-state index contributed by atoms with van der Waals surface area (Å²) >= 11 is 0. The van der Waals surface area contributed by atoms with Gasteiger partial charge in [-0.3, -0.25) is 0 Å². The summed E-state index contributed by atoms with van der Waals surface area (Å²) in [7, 11) is 0. The molecule has 0 aromatic heterocycles. The van der Waals surface area contributed by atoms with Crippen molar-refractivity contribution in [2.24, 2.45) is 0 Å². The molecule has 0 fully saturated rings. The van der Waals surface area contributed by atoms with Gasteiger partial charge in [0.1, 0.15) is 5.82 Å². The van der Waals surface area contributed by atoms with E-state index in [9.17, 15) is 9.18 Å². The average Bonchev–Trinajstić information content (AvgIpc) is 2.25. The molecule has 0 atom stereocenters. The zero-order valence-electron chi connectivity index (χ0n) is 9.88. The van der Waals surface area contributed by atoms with Gasteiger partial charge in [-0.05, 0) is 44.5 Å². The third-order valence-electron chi connectivity index (χ3n) is 2.46. The van der Waals surface area contributed by atoms with Crippen LogP contribution in [0.4, 0.5) is 14.9 Å². The Labute approximate surface area is 95.3 Å². The number of carbonyl (C=O) groups is 1. The lowest BCUT2D eigenvalue weighted by Gasteiger charge is -2.19. The molecule has 0 saturated carbocycles. The molecule has 0 aliphatic carbocycles. The fourth-order valence-electron chi connectivity index (χ4n) is 1.44. The average molecular weight is 224 g/mol. The molecular weight excluding hydrogens is 207 g/mol. The largest absolute Gasteiger partial charge is 0.325 e. The fourth-order valence-corrected chi connectivity index (χ4v) is 1.44. The van der Waals surface area contributed by atoms with Gasteiger partial charge in [0, 0.05) is 18.8 Å². The molecule has 88 valence electrons. The molecule has 0 aliphatic heterocycles. The Bertz CT molecular complexity index is 375. The van der Waals surface area contributed by atoms with Crippen molar-refractivity contribution in [1.29, 1.82) is 0 Å². The molecule has 0 radical (unpaired) electrons. The zero-order chi connectivity index (χ0) is 12.1. The van der Waals surface area contributed by atoms with Gasteiger partial charge in [0.15, 0.2) is 0 Å². The maximum absolute atomic E-state index is 13.0. The van der Waals surface area contributed by atoms with E-state index in [1.54, 1.807) is 24.0 Å². The summed E-state index contributed by atoms with van der Waals surface area (Å²) in [5, 5.41) is 2.73. The van der Waals surface area contributed by atoms with Gasteiger partial charge in [0.2, 0.25) is 0 Å². The first kappa shape index (κ1) is 12.5. The predicted molar refractivity (Wildman–Crippen MR) is 63.1 cm³/mol. The van der Waals surface area contributed by atoms with Crippen molar-refractivity contribution < 1.29 is 9.18 Å². The molecule has 16 heavy (non-hydrogen) atoms. The molecule has 0 aliphatic rings. The number of aryl methyl sites for hydroxylation is 1. The lowest BCUT2D eigenvalue weighted by molar-refractivity contribution is 0.217. The van der Waals surface area contributed by atoms with E-state index >= 15 is 0 Å². The Morgan fingerprint density at radius 1 is 1.38 bits per heavy atom. The van der Waals surface area contributed by atoms with E-state index in [-0.39, 0.29) is 11.8 Å². The summed E-state index contributed by atoms with van der Waals surface area (Å²) in [5.74, 6) is -0.263. The highest BCUT2D eigenvalue weighted by molar-refractivity contribution is 5.89. The number of urea groups is 1. The van der Waals surface area contributed by atoms with Crippen molar-refractivity contribution in [2.45, 2.75) is 20.8 Å². The predicted octanol–water partition coefficient (Wildman–Crippen LogP) is 3.01. The number of nitrogens with zero attached hydrogens (tertiary/aromatic N) is 1. The van der Waals surface area contributed by atoms with Crippen LogP contribution >= 0.6 is 0 Å². The minimum atomic E-state index is -0.263. The smallest absolute Gasteiger partial charge is 0.321 e. The van der Waals surface area contributed by atoms with Crippen LogP contribution in [0, 0.1) is 12.7 Å². The van der Waals surface area contributed by atoms with Crippen LogP contribution in [0.15, 0.2) is 18.2 Å². The van der Waals surface area contributed by atoms with Crippen LogP contribution in [0.3, 0.4) is 0 Å². The highest BCUT2D eigenvalue weighted by atomic mass is 19.1. The molecule has 3 nitrogen and oxygen atoms in total. The number of halogens is 1. The topological polar surface area (TPSA) is 32.3 Å². The number of hydrogen-bond acceptors (Lipinski definition) is 1. The molecular formula is C12H17FN2O. The Hall–Kier alpha value is -1.58. The molecule has 0 unspecified atom stereocenters. The number of amides is 2. The number of anilines is 1. The van der Waals surface area contributed by atoms with Gasteiger partial charge < -0.3 is 10.2 Å². The third kappa shape index (κ3) is 2.95. The van der Waals surface area contributed by atoms with Crippen LogP contribution in [0.25, 0.3) is 0 Å². The lowest BCUT2D eigenvalue weighted by atomic mass is 10.2. The Kier molecular flexibility index (Phi) is 4.28.